The van der Waals surface area contributed by atoms with Crippen LogP contribution in [0.25, 0.3) is 0 Å². The van der Waals surface area contributed by atoms with Gasteiger partial charge in [-0.25, -0.2) is 0 Å². The van der Waals surface area contributed by atoms with Crippen molar-refractivity contribution in [1.29, 1.82) is 0 Å². The summed E-state index contributed by atoms with van der Waals surface area (Å²) in [6.45, 7) is 4.57. The summed E-state index contributed by atoms with van der Waals surface area (Å²) >= 11 is 6.00. The Balaban J connectivity index is 1.26. The van der Waals surface area contributed by atoms with Crippen molar-refractivity contribution in [3.8, 4) is 5.75 Å². The third-order valence-corrected chi connectivity index (χ3v) is 6.62. The Morgan fingerprint density at radius 2 is 1.73 bits per heavy atom. The van der Waals surface area contributed by atoms with Crippen molar-refractivity contribution in [3.05, 3.63) is 88.4 Å². The molecule has 3 aromatic rings. The van der Waals surface area contributed by atoms with Crippen molar-refractivity contribution in [2.45, 2.75) is 33.2 Å². The topological polar surface area (TPSA) is 87.7 Å². The van der Waals surface area contributed by atoms with Gasteiger partial charge in [-0.1, -0.05) is 48.9 Å². The largest absolute Gasteiger partial charge is 0.484 e. The highest BCUT2D eigenvalue weighted by Gasteiger charge is 2.35. The predicted molar refractivity (Wildman–Crippen MR) is 145 cm³/mol. The fourth-order valence-corrected chi connectivity index (χ4v) is 4.32. The molecule has 37 heavy (non-hydrogen) atoms. The highest BCUT2D eigenvalue weighted by molar-refractivity contribution is 6.31. The number of nitrogens with one attached hydrogen (secondary N) is 2. The lowest BCUT2D eigenvalue weighted by atomic mass is 10.1. The summed E-state index contributed by atoms with van der Waals surface area (Å²) in [7, 11) is 0. The average Bonchev–Trinajstić information content (AvgIpc) is 3.30. The third kappa shape index (κ3) is 6.89. The molecule has 0 aliphatic carbocycles. The first kappa shape index (κ1) is 26.2. The Hall–Kier alpha value is -3.84. The lowest BCUT2D eigenvalue weighted by Crippen LogP contribution is -2.32. The van der Waals surface area contributed by atoms with Crippen LogP contribution in [0.5, 0.6) is 5.75 Å². The van der Waals surface area contributed by atoms with Gasteiger partial charge in [0.1, 0.15) is 5.75 Å². The summed E-state index contributed by atoms with van der Waals surface area (Å²) in [6, 6.07) is 20.3. The number of benzene rings is 3. The average molecular weight is 520 g/mol. The van der Waals surface area contributed by atoms with E-state index in [4.69, 9.17) is 16.3 Å². The Bertz CT molecular complexity index is 1280. The highest BCUT2D eigenvalue weighted by Crippen LogP contribution is 2.27. The van der Waals surface area contributed by atoms with E-state index in [0.29, 0.717) is 35.2 Å². The van der Waals surface area contributed by atoms with E-state index >= 15 is 0 Å². The minimum Gasteiger partial charge on any atom is -0.484 e. The number of carbonyl (C=O) groups is 3. The van der Waals surface area contributed by atoms with Gasteiger partial charge in [-0.15, -0.1) is 0 Å². The van der Waals surface area contributed by atoms with Crippen LogP contribution in [0.4, 0.5) is 11.4 Å². The first-order valence-corrected chi connectivity index (χ1v) is 12.6. The van der Waals surface area contributed by atoms with Crippen LogP contribution in [0, 0.1) is 12.8 Å². The lowest BCUT2D eigenvalue weighted by molar-refractivity contribution is -0.126. The van der Waals surface area contributed by atoms with Gasteiger partial charge in [-0.3, -0.25) is 14.4 Å². The summed E-state index contributed by atoms with van der Waals surface area (Å²) in [5.74, 6) is -0.443. The molecule has 0 unspecified atom stereocenters. The predicted octanol–water partition coefficient (Wildman–Crippen LogP) is 4.90. The van der Waals surface area contributed by atoms with Gasteiger partial charge in [-0.05, 0) is 66.4 Å². The second-order valence-electron chi connectivity index (χ2n) is 9.08. The molecule has 192 valence electrons. The zero-order valence-corrected chi connectivity index (χ0v) is 21.7. The fourth-order valence-electron chi connectivity index (χ4n) is 4.15. The first-order chi connectivity index (χ1) is 17.8. The van der Waals surface area contributed by atoms with Gasteiger partial charge in [0.15, 0.2) is 6.61 Å². The third-order valence-electron chi connectivity index (χ3n) is 6.39. The summed E-state index contributed by atoms with van der Waals surface area (Å²) < 4.78 is 5.59. The summed E-state index contributed by atoms with van der Waals surface area (Å²) in [4.78, 5) is 39.2. The smallest absolute Gasteiger partial charge is 0.262 e. The molecule has 8 heteroatoms. The molecule has 0 aromatic heterocycles. The molecule has 0 spiro atoms. The van der Waals surface area contributed by atoms with Crippen LogP contribution in [0.2, 0.25) is 5.02 Å². The molecule has 0 saturated carbocycles. The number of nitrogens with zero attached hydrogens (tertiary/aromatic N) is 1. The molecule has 1 saturated heterocycles. The van der Waals surface area contributed by atoms with E-state index in [2.05, 4.69) is 29.7 Å². The van der Waals surface area contributed by atoms with E-state index < -0.39 is 5.92 Å². The summed E-state index contributed by atoms with van der Waals surface area (Å²) in [5.41, 5.74) is 4.49. The van der Waals surface area contributed by atoms with E-state index in [-0.39, 0.29) is 30.7 Å². The van der Waals surface area contributed by atoms with Crippen molar-refractivity contribution >= 4 is 40.7 Å². The number of ether oxygens (including phenoxy) is 1. The number of amides is 3. The van der Waals surface area contributed by atoms with E-state index in [0.717, 1.165) is 17.5 Å². The molecule has 0 radical (unpaired) electrons. The van der Waals surface area contributed by atoms with Crippen molar-refractivity contribution in [3.63, 3.8) is 0 Å². The fraction of sp³-hybridized carbons (Fsp3) is 0.276. The van der Waals surface area contributed by atoms with Gasteiger partial charge < -0.3 is 20.3 Å². The molecule has 1 heterocycles. The molecular formula is C29H30ClN3O4. The number of halogens is 1. The number of hydrogen-bond donors (Lipinski definition) is 2. The maximum absolute atomic E-state index is 12.7. The van der Waals surface area contributed by atoms with E-state index in [1.165, 1.54) is 5.56 Å². The molecule has 2 N–H and O–H groups in total. The van der Waals surface area contributed by atoms with Crippen LogP contribution in [-0.4, -0.2) is 30.9 Å². The number of carbonyl (C=O) groups excluding carboxylic acids is 3. The maximum atomic E-state index is 12.7. The normalized spacial score (nSPS) is 14.9. The van der Waals surface area contributed by atoms with Gasteiger partial charge in [-0.2, -0.15) is 0 Å². The van der Waals surface area contributed by atoms with Crippen LogP contribution >= 0.6 is 11.6 Å². The lowest BCUT2D eigenvalue weighted by Gasteiger charge is -2.17. The van der Waals surface area contributed by atoms with Crippen LogP contribution < -0.4 is 20.3 Å². The highest BCUT2D eigenvalue weighted by atomic mass is 35.5. The van der Waals surface area contributed by atoms with Crippen LogP contribution in [0.3, 0.4) is 0 Å². The second kappa shape index (κ2) is 11.9. The number of rotatable bonds is 9. The molecule has 3 aromatic carbocycles. The standard InChI is InChI=1S/C29H30ClN3O4/c1-3-20-5-7-21(8-6-20)16-31-29(36)22-14-28(35)33(17-22)24-10-12-25(13-11-24)37-18-27(34)32-26-15-23(30)9-4-19(26)2/h4-13,15,22H,3,14,16-18H2,1-2H3,(H,31,36)(H,32,34)/t22-/m0/s1. The quantitative estimate of drug-likeness (QED) is 0.421. The van der Waals surface area contributed by atoms with Crippen molar-refractivity contribution in [2.75, 3.05) is 23.4 Å². The van der Waals surface area contributed by atoms with Crippen LogP contribution in [0.15, 0.2) is 66.7 Å². The molecule has 7 nitrogen and oxygen atoms in total. The van der Waals surface area contributed by atoms with Crippen molar-refractivity contribution < 1.29 is 19.1 Å². The van der Waals surface area contributed by atoms with Gasteiger partial charge in [0.05, 0.1) is 5.92 Å². The number of aryl methyl sites for hydroxylation is 2. The molecule has 1 aliphatic heterocycles. The van der Waals surface area contributed by atoms with Gasteiger partial charge in [0.2, 0.25) is 11.8 Å². The van der Waals surface area contributed by atoms with E-state index in [9.17, 15) is 14.4 Å². The molecule has 1 aliphatic rings. The number of anilines is 2. The van der Waals surface area contributed by atoms with Crippen molar-refractivity contribution in [2.24, 2.45) is 5.92 Å². The first-order valence-electron chi connectivity index (χ1n) is 12.3. The summed E-state index contributed by atoms with van der Waals surface area (Å²) in [5, 5.41) is 6.27. The summed E-state index contributed by atoms with van der Waals surface area (Å²) in [6.07, 6.45) is 1.14. The van der Waals surface area contributed by atoms with Crippen molar-refractivity contribution in [1.82, 2.24) is 5.32 Å². The Morgan fingerprint density at radius 3 is 2.43 bits per heavy atom. The van der Waals surface area contributed by atoms with Gasteiger partial charge in [0, 0.05) is 35.9 Å². The van der Waals surface area contributed by atoms with Crippen LogP contribution in [-0.2, 0) is 27.3 Å². The molecule has 0 bridgehead atoms. The Kier molecular flexibility index (Phi) is 8.46. The minimum absolute atomic E-state index is 0.0996. The SMILES string of the molecule is CCc1ccc(CNC(=O)[C@H]2CC(=O)N(c3ccc(OCC(=O)Nc4cc(Cl)ccc4C)cc3)C2)cc1. The zero-order valence-electron chi connectivity index (χ0n) is 20.9. The minimum atomic E-state index is -0.406. The monoisotopic (exact) mass is 519 g/mol. The molecule has 4 rings (SSSR count). The number of hydrogen-bond acceptors (Lipinski definition) is 4. The zero-order chi connectivity index (χ0) is 26.4. The van der Waals surface area contributed by atoms with Gasteiger partial charge >= 0.3 is 0 Å². The molecule has 1 fully saturated rings. The Morgan fingerprint density at radius 1 is 1.03 bits per heavy atom. The Labute approximate surface area is 221 Å². The molecule has 1 atom stereocenters. The van der Waals surface area contributed by atoms with Crippen LogP contribution in [0.1, 0.15) is 30.0 Å². The van der Waals surface area contributed by atoms with E-state index in [1.807, 2.05) is 25.1 Å². The van der Waals surface area contributed by atoms with E-state index in [1.54, 1.807) is 41.3 Å². The maximum Gasteiger partial charge on any atom is 0.262 e. The van der Waals surface area contributed by atoms with Gasteiger partial charge in [0.25, 0.3) is 5.91 Å². The molecule has 3 amide bonds. The molecular weight excluding hydrogens is 490 g/mol. The second-order valence-corrected chi connectivity index (χ2v) is 9.52.